The minimum Gasteiger partial charge on any atom is -0.383 e. The van der Waals surface area contributed by atoms with Crippen LogP contribution >= 0.6 is 0 Å². The zero-order chi connectivity index (χ0) is 25.8. The lowest BCUT2D eigenvalue weighted by atomic mass is 9.85. The summed E-state index contributed by atoms with van der Waals surface area (Å²) < 4.78 is 1.82. The third-order valence-corrected chi connectivity index (χ3v) is 8.56. The molecule has 8 heteroatoms. The van der Waals surface area contributed by atoms with Crippen molar-refractivity contribution in [2.45, 2.75) is 69.4 Å². The Bertz CT molecular complexity index is 1480. The average molecular weight is 508 g/mol. The van der Waals surface area contributed by atoms with Crippen LogP contribution in [-0.4, -0.2) is 49.1 Å². The lowest BCUT2D eigenvalue weighted by Gasteiger charge is -2.39. The number of hydrogen-bond donors (Lipinski definition) is 2. The normalized spacial score (nSPS) is 22.7. The molecule has 4 aromatic rings. The number of hydrogen-bond acceptors (Lipinski definition) is 5. The number of anilines is 1. The molecule has 7 rings (SSSR count). The Labute approximate surface area is 222 Å². The fourth-order valence-corrected chi connectivity index (χ4v) is 6.66. The van der Waals surface area contributed by atoms with Crippen LogP contribution in [0.15, 0.2) is 54.9 Å². The minimum atomic E-state index is 0.0771. The Kier molecular flexibility index (Phi) is 5.56. The number of carbonyl (C=O) groups is 1. The van der Waals surface area contributed by atoms with Crippen LogP contribution < -0.4 is 11.1 Å². The largest absolute Gasteiger partial charge is 0.383 e. The van der Waals surface area contributed by atoms with E-state index in [2.05, 4.69) is 33.5 Å². The molecule has 1 saturated carbocycles. The molecule has 2 saturated heterocycles. The topological polar surface area (TPSA) is 101 Å². The van der Waals surface area contributed by atoms with Crippen LogP contribution in [0.4, 0.5) is 10.6 Å². The molecule has 38 heavy (non-hydrogen) atoms. The molecule has 3 N–H and O–H groups in total. The highest BCUT2D eigenvalue weighted by molar-refractivity contribution is 5.79. The Hall–Kier alpha value is -3.94. The predicted molar refractivity (Wildman–Crippen MR) is 148 cm³/mol. The van der Waals surface area contributed by atoms with E-state index in [9.17, 15) is 4.79 Å². The number of nitrogens with one attached hydrogen (secondary N) is 1. The summed E-state index contributed by atoms with van der Waals surface area (Å²) in [6.45, 7) is 2.63. The van der Waals surface area contributed by atoms with E-state index in [0.29, 0.717) is 24.2 Å². The number of aromatic nitrogens is 4. The van der Waals surface area contributed by atoms with Gasteiger partial charge in [0.1, 0.15) is 5.82 Å². The highest BCUT2D eigenvalue weighted by Crippen LogP contribution is 2.50. The summed E-state index contributed by atoms with van der Waals surface area (Å²) in [5, 5.41) is 7.68. The number of benzene rings is 1. The highest BCUT2D eigenvalue weighted by Gasteiger charge is 2.45. The smallest absolute Gasteiger partial charge is 0.317 e. The molecular weight excluding hydrogens is 474 g/mol. The summed E-state index contributed by atoms with van der Waals surface area (Å²) in [7, 11) is 0. The Balaban J connectivity index is 1.26. The summed E-state index contributed by atoms with van der Waals surface area (Å²) in [6.07, 6.45) is 10.1. The Morgan fingerprint density at radius 3 is 2.39 bits per heavy atom. The quantitative estimate of drug-likeness (QED) is 0.379. The molecule has 2 atom stereocenters. The lowest BCUT2D eigenvalue weighted by molar-refractivity contribution is 0.138. The van der Waals surface area contributed by atoms with Crippen molar-refractivity contribution in [1.82, 2.24) is 29.8 Å². The van der Waals surface area contributed by atoms with Gasteiger partial charge in [-0.2, -0.15) is 9.61 Å². The van der Waals surface area contributed by atoms with E-state index in [4.69, 9.17) is 15.7 Å². The molecule has 2 unspecified atom stereocenters. The zero-order valence-corrected chi connectivity index (χ0v) is 21.7. The van der Waals surface area contributed by atoms with Gasteiger partial charge < -0.3 is 16.0 Å². The van der Waals surface area contributed by atoms with Crippen LogP contribution in [0.1, 0.15) is 68.5 Å². The zero-order valence-electron chi connectivity index (χ0n) is 21.7. The van der Waals surface area contributed by atoms with Crippen LogP contribution in [0.25, 0.3) is 28.0 Å². The van der Waals surface area contributed by atoms with Gasteiger partial charge in [0, 0.05) is 53.0 Å². The molecule has 2 aliphatic heterocycles. The molecular formula is C30H33N7O. The van der Waals surface area contributed by atoms with Gasteiger partial charge in [0.15, 0.2) is 5.65 Å². The molecule has 5 heterocycles. The van der Waals surface area contributed by atoms with Crippen molar-refractivity contribution in [3.8, 4) is 22.4 Å². The van der Waals surface area contributed by atoms with E-state index in [1.807, 2.05) is 48.1 Å². The highest BCUT2D eigenvalue weighted by atomic mass is 16.2. The van der Waals surface area contributed by atoms with Crippen molar-refractivity contribution in [3.05, 3.63) is 66.1 Å². The number of fused-ring (bicyclic) bond motifs is 3. The molecule has 0 radical (unpaired) electrons. The molecule has 3 aromatic heterocycles. The number of nitrogens with zero attached hydrogens (tertiary/aromatic N) is 5. The number of urea groups is 1. The number of pyridine rings is 1. The molecule has 2 bridgehead atoms. The fourth-order valence-electron chi connectivity index (χ4n) is 6.66. The molecule has 194 valence electrons. The summed E-state index contributed by atoms with van der Waals surface area (Å²) in [6, 6.07) is 14.9. The average Bonchev–Trinajstić information content (AvgIpc) is 3.63. The SMILES string of the molecule is CCNC(=O)N1C2CCC1CC(c1nc3c(-c4ccc(-c5ccccc5)nc4)cnn3c(N)c1C1CC1)C2. The predicted octanol–water partition coefficient (Wildman–Crippen LogP) is 5.36. The van der Waals surface area contributed by atoms with Crippen LogP contribution in [0.5, 0.6) is 0 Å². The lowest BCUT2D eigenvalue weighted by Crippen LogP contribution is -2.50. The standard InChI is InChI=1S/C30H33N7O/c1-2-32-30(38)36-22-11-12-23(36)15-21(14-22)27-26(19-8-9-19)28(31)37-29(35-27)24(17-34-37)20-10-13-25(33-16-20)18-6-4-3-5-7-18/h3-7,10,13,16-17,19,21-23H,2,8-9,11-12,14-15,31H2,1H3,(H,32,38). The summed E-state index contributed by atoms with van der Waals surface area (Å²) >= 11 is 0. The van der Waals surface area contributed by atoms with Crippen molar-refractivity contribution < 1.29 is 4.79 Å². The van der Waals surface area contributed by atoms with Crippen LogP contribution in [0.3, 0.4) is 0 Å². The fraction of sp³-hybridized carbons (Fsp3) is 0.400. The van der Waals surface area contributed by atoms with Gasteiger partial charge in [-0.3, -0.25) is 4.98 Å². The summed E-state index contributed by atoms with van der Waals surface area (Å²) in [5.74, 6) is 1.47. The van der Waals surface area contributed by atoms with Gasteiger partial charge in [0.25, 0.3) is 0 Å². The first kappa shape index (κ1) is 23.2. The summed E-state index contributed by atoms with van der Waals surface area (Å²) in [5.41, 5.74) is 13.9. The van der Waals surface area contributed by atoms with Crippen LogP contribution in [0, 0.1) is 0 Å². The van der Waals surface area contributed by atoms with E-state index >= 15 is 0 Å². The number of nitrogen functional groups attached to an aromatic ring is 1. The Morgan fingerprint density at radius 1 is 0.974 bits per heavy atom. The molecule has 2 amide bonds. The number of rotatable bonds is 5. The third kappa shape index (κ3) is 3.81. The van der Waals surface area contributed by atoms with Gasteiger partial charge in [-0.05, 0) is 57.4 Å². The monoisotopic (exact) mass is 507 g/mol. The first-order chi connectivity index (χ1) is 18.6. The maximum absolute atomic E-state index is 12.8. The molecule has 8 nitrogen and oxygen atoms in total. The number of nitrogens with two attached hydrogens (primary N) is 1. The van der Waals surface area contributed by atoms with Crippen LogP contribution in [0.2, 0.25) is 0 Å². The van der Waals surface area contributed by atoms with E-state index in [1.165, 1.54) is 5.56 Å². The first-order valence-electron chi connectivity index (χ1n) is 13.9. The van der Waals surface area contributed by atoms with Gasteiger partial charge >= 0.3 is 6.03 Å². The number of piperidine rings is 1. The maximum atomic E-state index is 12.8. The van der Waals surface area contributed by atoms with Gasteiger partial charge in [0.05, 0.1) is 17.6 Å². The summed E-state index contributed by atoms with van der Waals surface area (Å²) in [4.78, 5) is 24.9. The van der Waals surface area contributed by atoms with E-state index in [-0.39, 0.29) is 18.1 Å². The second-order valence-corrected chi connectivity index (χ2v) is 11.0. The van der Waals surface area contributed by atoms with E-state index < -0.39 is 0 Å². The second-order valence-electron chi connectivity index (χ2n) is 11.0. The Morgan fingerprint density at radius 2 is 1.74 bits per heavy atom. The van der Waals surface area contributed by atoms with Crippen molar-refractivity contribution in [1.29, 1.82) is 0 Å². The number of carbonyl (C=O) groups excluding carboxylic acids is 1. The third-order valence-electron chi connectivity index (χ3n) is 8.56. The molecule has 3 aliphatic rings. The molecule has 3 fully saturated rings. The van der Waals surface area contributed by atoms with Gasteiger partial charge in [0.2, 0.25) is 0 Å². The second kappa shape index (κ2) is 9.11. The van der Waals surface area contributed by atoms with Gasteiger partial charge in [-0.25, -0.2) is 9.78 Å². The maximum Gasteiger partial charge on any atom is 0.317 e. The van der Waals surface area contributed by atoms with E-state index in [0.717, 1.165) is 72.3 Å². The molecule has 0 spiro atoms. The minimum absolute atomic E-state index is 0.0771. The van der Waals surface area contributed by atoms with Crippen LogP contribution in [-0.2, 0) is 0 Å². The first-order valence-corrected chi connectivity index (χ1v) is 13.9. The van der Waals surface area contributed by atoms with Gasteiger partial charge in [-0.15, -0.1) is 0 Å². The molecule has 1 aliphatic carbocycles. The van der Waals surface area contributed by atoms with Crippen molar-refractivity contribution in [3.63, 3.8) is 0 Å². The van der Waals surface area contributed by atoms with Crippen molar-refractivity contribution >= 4 is 17.5 Å². The van der Waals surface area contributed by atoms with E-state index in [1.54, 1.807) is 0 Å². The van der Waals surface area contributed by atoms with Crippen molar-refractivity contribution in [2.24, 2.45) is 0 Å². The molecule has 1 aromatic carbocycles. The number of amides is 2. The van der Waals surface area contributed by atoms with Gasteiger partial charge in [-0.1, -0.05) is 36.4 Å². The van der Waals surface area contributed by atoms with Crippen molar-refractivity contribution in [2.75, 3.05) is 12.3 Å².